The fourth-order valence-electron chi connectivity index (χ4n) is 12.8. The van der Waals surface area contributed by atoms with Crippen molar-refractivity contribution in [3.8, 4) is 44.5 Å². The van der Waals surface area contributed by atoms with Crippen LogP contribution in [-0.4, -0.2) is 0 Å². The van der Waals surface area contributed by atoms with Crippen LogP contribution in [0, 0.1) is 0 Å². The summed E-state index contributed by atoms with van der Waals surface area (Å²) in [5.41, 5.74) is 17.7. The monoisotopic (exact) mass is 1060 g/mol. The molecule has 0 unspecified atom stereocenters. The van der Waals surface area contributed by atoms with Crippen molar-refractivity contribution in [1.82, 2.24) is 0 Å². The molecular weight excluding hydrogens is 1000 g/mol. The molecule has 16 rings (SSSR count). The normalized spacial score (nSPS) is 11.6. The van der Waals surface area contributed by atoms with Gasteiger partial charge in [0.15, 0.2) is 0 Å². The van der Waals surface area contributed by atoms with Gasteiger partial charge in [-0.2, -0.15) is 0 Å². The van der Waals surface area contributed by atoms with E-state index in [9.17, 15) is 0 Å². The van der Waals surface area contributed by atoms with Gasteiger partial charge in [-0.25, -0.2) is 0 Å². The summed E-state index contributed by atoms with van der Waals surface area (Å²) in [5, 5.41) is 14.8. The van der Waals surface area contributed by atoms with Gasteiger partial charge in [-0.1, -0.05) is 224 Å². The summed E-state index contributed by atoms with van der Waals surface area (Å²) in [6.45, 7) is 0. The molecule has 388 valence electrons. The third-order valence-corrected chi connectivity index (χ3v) is 16.9. The van der Waals surface area contributed by atoms with Crippen molar-refractivity contribution in [3.05, 3.63) is 315 Å². The number of hydrogen-bond donors (Lipinski definition) is 0. The van der Waals surface area contributed by atoms with Crippen LogP contribution >= 0.6 is 0 Å². The number of nitrogens with zero attached hydrogens (tertiary/aromatic N) is 2. The molecule has 0 aliphatic rings. The average molecular weight is 1060 g/mol. The topological polar surface area (TPSA) is 19.6 Å². The number of para-hydroxylation sites is 2. The van der Waals surface area contributed by atoms with Gasteiger partial charge in [0.25, 0.3) is 0 Å². The Morgan fingerprint density at radius 1 is 0.193 bits per heavy atom. The molecule has 0 amide bonds. The van der Waals surface area contributed by atoms with Crippen molar-refractivity contribution in [2.75, 3.05) is 9.80 Å². The summed E-state index contributed by atoms with van der Waals surface area (Å²) >= 11 is 0. The maximum Gasteiger partial charge on any atom is 0.135 e. The largest absolute Gasteiger partial charge is 0.456 e. The fourth-order valence-corrected chi connectivity index (χ4v) is 12.8. The van der Waals surface area contributed by atoms with Crippen LogP contribution in [0.3, 0.4) is 0 Å². The van der Waals surface area contributed by atoms with Crippen molar-refractivity contribution < 1.29 is 4.42 Å². The van der Waals surface area contributed by atoms with E-state index in [0.29, 0.717) is 0 Å². The molecule has 0 saturated heterocycles. The Hall–Kier alpha value is -11.0. The molecule has 0 saturated carbocycles. The molecule has 15 aromatic carbocycles. The summed E-state index contributed by atoms with van der Waals surface area (Å²) in [7, 11) is 0. The predicted molar refractivity (Wildman–Crippen MR) is 352 cm³/mol. The molecule has 83 heavy (non-hydrogen) atoms. The van der Waals surface area contributed by atoms with Crippen LogP contribution in [-0.2, 0) is 0 Å². The zero-order valence-corrected chi connectivity index (χ0v) is 45.3. The summed E-state index contributed by atoms with van der Waals surface area (Å²) in [4.78, 5) is 4.73. The Labute approximate surface area is 481 Å². The van der Waals surface area contributed by atoms with E-state index in [1.807, 2.05) is 12.1 Å². The first-order valence-electron chi connectivity index (χ1n) is 28.5. The third-order valence-electron chi connectivity index (χ3n) is 16.9. The minimum absolute atomic E-state index is 0.902. The molecule has 0 atom stereocenters. The number of benzene rings is 15. The lowest BCUT2D eigenvalue weighted by molar-refractivity contribution is 0.669. The van der Waals surface area contributed by atoms with Gasteiger partial charge in [-0.05, 0) is 184 Å². The molecule has 3 heteroatoms. The second kappa shape index (κ2) is 20.0. The van der Waals surface area contributed by atoms with Gasteiger partial charge >= 0.3 is 0 Å². The zero-order valence-electron chi connectivity index (χ0n) is 45.3. The lowest BCUT2D eigenvalue weighted by atomic mass is 9.91. The average Bonchev–Trinajstić information content (AvgIpc) is 4.00. The van der Waals surface area contributed by atoms with Crippen LogP contribution in [0.1, 0.15) is 0 Å². The third kappa shape index (κ3) is 8.37. The molecule has 16 aromatic rings. The second-order valence-electron chi connectivity index (χ2n) is 21.6. The molecule has 1 aromatic heterocycles. The van der Waals surface area contributed by atoms with E-state index < -0.39 is 0 Å². The highest BCUT2D eigenvalue weighted by molar-refractivity contribution is 6.26. The molecule has 0 fully saturated rings. The Morgan fingerprint density at radius 2 is 0.578 bits per heavy atom. The number of rotatable bonds is 10. The smallest absolute Gasteiger partial charge is 0.135 e. The minimum Gasteiger partial charge on any atom is -0.456 e. The number of anilines is 6. The molecule has 0 spiro atoms. The molecule has 3 nitrogen and oxygen atoms in total. The van der Waals surface area contributed by atoms with Gasteiger partial charge in [-0.15, -0.1) is 0 Å². The molecule has 0 radical (unpaired) electrons. The number of furan rings is 1. The molecule has 0 aliphatic heterocycles. The van der Waals surface area contributed by atoms with Gasteiger partial charge in [-0.3, -0.25) is 0 Å². The molecule has 0 bridgehead atoms. The minimum atomic E-state index is 0.902. The maximum absolute atomic E-state index is 6.21. The van der Waals surface area contributed by atoms with Crippen molar-refractivity contribution >= 4 is 110 Å². The van der Waals surface area contributed by atoms with E-state index >= 15 is 0 Å². The fraction of sp³-hybridized carbons (Fsp3) is 0. The second-order valence-corrected chi connectivity index (χ2v) is 21.6. The Morgan fingerprint density at radius 3 is 1.18 bits per heavy atom. The lowest BCUT2D eigenvalue weighted by Crippen LogP contribution is -2.10. The van der Waals surface area contributed by atoms with E-state index in [1.54, 1.807) is 0 Å². The van der Waals surface area contributed by atoms with Crippen LogP contribution in [0.5, 0.6) is 0 Å². The lowest BCUT2D eigenvalue weighted by Gasteiger charge is -2.27. The predicted octanol–water partition coefficient (Wildman–Crippen LogP) is 23.0. The van der Waals surface area contributed by atoms with Gasteiger partial charge < -0.3 is 14.2 Å². The highest BCUT2D eigenvalue weighted by Gasteiger charge is 2.19. The van der Waals surface area contributed by atoms with Crippen molar-refractivity contribution in [3.63, 3.8) is 0 Å². The summed E-state index contributed by atoms with van der Waals surface area (Å²) in [6, 6.07) is 115. The first kappa shape index (κ1) is 48.0. The van der Waals surface area contributed by atoms with Crippen LogP contribution in [0.4, 0.5) is 34.1 Å². The number of hydrogen-bond acceptors (Lipinski definition) is 3. The number of fused-ring (bicyclic) bond motifs is 11. The van der Waals surface area contributed by atoms with Gasteiger partial charge in [0.2, 0.25) is 0 Å². The van der Waals surface area contributed by atoms with E-state index in [1.165, 1.54) is 81.7 Å². The highest BCUT2D eigenvalue weighted by Crippen LogP contribution is 2.44. The van der Waals surface area contributed by atoms with E-state index in [-0.39, 0.29) is 0 Å². The Balaban J connectivity index is 0.760. The van der Waals surface area contributed by atoms with Gasteiger partial charge in [0.05, 0.1) is 5.69 Å². The first-order chi connectivity index (χ1) is 41.1. The van der Waals surface area contributed by atoms with Crippen molar-refractivity contribution in [1.29, 1.82) is 0 Å². The summed E-state index contributed by atoms with van der Waals surface area (Å²) in [5.74, 6) is 0. The molecular formula is C80H52N2O. The first-order valence-corrected chi connectivity index (χ1v) is 28.5. The summed E-state index contributed by atoms with van der Waals surface area (Å²) in [6.07, 6.45) is 0. The Bertz CT molecular complexity index is 5080. The quantitative estimate of drug-likeness (QED) is 0.127. The molecule has 0 aliphatic carbocycles. The van der Waals surface area contributed by atoms with E-state index in [0.717, 1.165) is 72.8 Å². The van der Waals surface area contributed by atoms with Crippen LogP contribution in [0.15, 0.2) is 320 Å². The van der Waals surface area contributed by atoms with Crippen LogP contribution < -0.4 is 9.80 Å². The molecule has 0 N–H and O–H groups in total. The maximum atomic E-state index is 6.21. The highest BCUT2D eigenvalue weighted by atomic mass is 16.3. The van der Waals surface area contributed by atoms with Crippen LogP contribution in [0.2, 0.25) is 0 Å². The zero-order chi connectivity index (χ0) is 54.8. The van der Waals surface area contributed by atoms with E-state index in [2.05, 4.69) is 313 Å². The van der Waals surface area contributed by atoms with Gasteiger partial charge in [0.1, 0.15) is 11.2 Å². The Kier molecular flexibility index (Phi) is 11.5. The van der Waals surface area contributed by atoms with Crippen molar-refractivity contribution in [2.45, 2.75) is 0 Å². The summed E-state index contributed by atoms with van der Waals surface area (Å²) < 4.78 is 6.21. The SMILES string of the molecule is c1ccc(N(c2ccc(-c3ccc(N(c4ccc(-c5ccc6c7ccccc7c7ccccc7c6c5)cc4)c4ccc(-c5ccc(-c6ccc7oc8ccccc8c7c6)c6ccccc56)cc4)cc3)cc2)c2cccc3ccccc23)cc1. The van der Waals surface area contributed by atoms with E-state index in [4.69, 9.17) is 4.42 Å². The standard InChI is InChI=1S/C80H52N2O/c1-2-17-60(18-3-1)82(78-27-14-16-56-15-4-5-19-67(56)78)64-43-31-54(32-44-64)53-29-39-61(40-30-53)81(62-41-33-55(34-42-62)58-37-47-74-72-24-9-8-22-70(72)71-23-10-11-25-73(71)76(74)51-58)63-45-35-57(36-46-63)65-48-49-66(69-21-7-6-20-68(65)69)59-38-50-80-77(52-59)75-26-12-13-28-79(75)83-80/h1-52H. The van der Waals surface area contributed by atoms with Gasteiger partial charge in [0, 0.05) is 44.6 Å². The van der Waals surface area contributed by atoms with Crippen molar-refractivity contribution in [2.24, 2.45) is 0 Å². The van der Waals surface area contributed by atoms with Crippen LogP contribution in [0.25, 0.3) is 120 Å². The molecule has 1 heterocycles.